The van der Waals surface area contributed by atoms with Crippen molar-refractivity contribution in [2.45, 2.75) is 25.9 Å². The minimum absolute atomic E-state index is 0.111. The number of aromatic nitrogens is 2. The Labute approximate surface area is 217 Å². The third kappa shape index (κ3) is 3.87. The summed E-state index contributed by atoms with van der Waals surface area (Å²) in [5.41, 5.74) is 5.73. The molecule has 3 heterocycles. The Kier molecular flexibility index (Phi) is 6.10. The quantitative estimate of drug-likeness (QED) is 0.273. The molecule has 0 aliphatic carbocycles. The molecule has 4 aromatic rings. The summed E-state index contributed by atoms with van der Waals surface area (Å²) >= 11 is 15.8. The molecule has 2 aromatic carbocycles. The minimum atomic E-state index is -0.255. The van der Waals surface area contributed by atoms with Crippen molar-refractivity contribution >= 4 is 50.5 Å². The fourth-order valence-electron chi connectivity index (χ4n) is 4.71. The van der Waals surface area contributed by atoms with Crippen LogP contribution in [0.4, 0.5) is 5.69 Å². The standard InChI is InChI=1S/C26H22BrClN4OS/c1-15-13-18(16(2)31(15)21-9-4-3-7-19(21)27)25-24(20-8-5-6-12-29-20)30-26(34)32(25)22-14-17(28)10-11-23(22)33/h3-14,24-25,33H,1-2H3,(H,30,34)/t24-,25+/m0/s1. The number of para-hydroxylation sites is 1. The number of thiocarbonyl (C=S) groups is 1. The molecular formula is C26H22BrClN4OS. The predicted octanol–water partition coefficient (Wildman–Crippen LogP) is 6.79. The average molecular weight is 554 g/mol. The van der Waals surface area contributed by atoms with E-state index in [0.29, 0.717) is 15.8 Å². The van der Waals surface area contributed by atoms with Crippen molar-refractivity contribution in [2.75, 3.05) is 4.90 Å². The van der Waals surface area contributed by atoms with E-state index in [1.165, 1.54) is 0 Å². The van der Waals surface area contributed by atoms with Crippen LogP contribution < -0.4 is 10.2 Å². The average Bonchev–Trinajstić information content (AvgIpc) is 3.32. The summed E-state index contributed by atoms with van der Waals surface area (Å²) in [6.07, 6.45) is 1.78. The molecule has 0 spiro atoms. The molecule has 5 rings (SSSR count). The van der Waals surface area contributed by atoms with Gasteiger partial charge in [-0.2, -0.15) is 0 Å². The number of aromatic hydroxyl groups is 1. The second kappa shape index (κ2) is 9.06. The Balaban J connectivity index is 1.72. The molecule has 172 valence electrons. The van der Waals surface area contributed by atoms with E-state index in [1.807, 2.05) is 41.3 Å². The van der Waals surface area contributed by atoms with E-state index in [2.05, 4.69) is 56.8 Å². The molecule has 1 saturated heterocycles. The summed E-state index contributed by atoms with van der Waals surface area (Å²) in [6.45, 7) is 4.20. The Bertz CT molecular complexity index is 1390. The molecule has 5 nitrogen and oxygen atoms in total. The fourth-order valence-corrected chi connectivity index (χ4v) is 5.68. The summed E-state index contributed by atoms with van der Waals surface area (Å²) in [5, 5.41) is 15.2. The molecule has 34 heavy (non-hydrogen) atoms. The topological polar surface area (TPSA) is 53.3 Å². The zero-order valence-electron chi connectivity index (χ0n) is 18.5. The van der Waals surface area contributed by atoms with Gasteiger partial charge in [0.1, 0.15) is 5.75 Å². The SMILES string of the molecule is Cc1cc([C@@H]2[C@H](c3ccccn3)NC(=S)N2c2cc(Cl)ccc2O)c(C)n1-c1ccccc1Br. The van der Waals surface area contributed by atoms with E-state index in [9.17, 15) is 5.11 Å². The molecule has 2 N–H and O–H groups in total. The van der Waals surface area contributed by atoms with Crippen LogP contribution in [0.2, 0.25) is 5.02 Å². The highest BCUT2D eigenvalue weighted by atomic mass is 79.9. The predicted molar refractivity (Wildman–Crippen MR) is 144 cm³/mol. The normalized spacial score (nSPS) is 17.8. The van der Waals surface area contributed by atoms with Crippen LogP contribution in [0.5, 0.6) is 5.75 Å². The maximum atomic E-state index is 10.8. The molecule has 0 bridgehead atoms. The second-order valence-electron chi connectivity index (χ2n) is 8.24. The van der Waals surface area contributed by atoms with E-state index < -0.39 is 0 Å². The maximum Gasteiger partial charge on any atom is 0.174 e. The van der Waals surface area contributed by atoms with Crippen molar-refractivity contribution in [1.82, 2.24) is 14.9 Å². The highest BCUT2D eigenvalue weighted by Gasteiger charge is 2.43. The largest absolute Gasteiger partial charge is 0.506 e. The van der Waals surface area contributed by atoms with Gasteiger partial charge in [-0.3, -0.25) is 4.98 Å². The minimum Gasteiger partial charge on any atom is -0.506 e. The third-order valence-electron chi connectivity index (χ3n) is 6.18. The van der Waals surface area contributed by atoms with Crippen molar-refractivity contribution in [3.63, 3.8) is 0 Å². The first-order valence-electron chi connectivity index (χ1n) is 10.8. The highest BCUT2D eigenvalue weighted by molar-refractivity contribution is 9.10. The highest BCUT2D eigenvalue weighted by Crippen LogP contribution is 2.46. The van der Waals surface area contributed by atoms with Crippen LogP contribution in [0.3, 0.4) is 0 Å². The van der Waals surface area contributed by atoms with Gasteiger partial charge in [0.2, 0.25) is 0 Å². The summed E-state index contributed by atoms with van der Waals surface area (Å²) in [6, 6.07) is 20.7. The Morgan fingerprint density at radius 3 is 2.53 bits per heavy atom. The molecule has 2 atom stereocenters. The first kappa shape index (κ1) is 22.9. The number of anilines is 1. The molecule has 0 amide bonds. The molecule has 1 aliphatic rings. The molecule has 1 fully saturated rings. The van der Waals surface area contributed by atoms with E-state index in [1.54, 1.807) is 24.4 Å². The van der Waals surface area contributed by atoms with Crippen LogP contribution in [0.15, 0.2) is 77.4 Å². The second-order valence-corrected chi connectivity index (χ2v) is 9.92. The fraction of sp³-hybridized carbons (Fsp3) is 0.154. The molecule has 1 aliphatic heterocycles. The molecule has 2 aromatic heterocycles. The van der Waals surface area contributed by atoms with Gasteiger partial charge < -0.3 is 19.9 Å². The lowest BCUT2D eigenvalue weighted by Gasteiger charge is -2.29. The number of hydrogen-bond acceptors (Lipinski definition) is 3. The number of benzene rings is 2. The van der Waals surface area contributed by atoms with Crippen molar-refractivity contribution in [3.8, 4) is 11.4 Å². The number of phenols is 1. The van der Waals surface area contributed by atoms with Gasteiger partial charge in [0.15, 0.2) is 5.11 Å². The summed E-state index contributed by atoms with van der Waals surface area (Å²) in [4.78, 5) is 6.57. The number of nitrogens with zero attached hydrogens (tertiary/aromatic N) is 3. The summed E-state index contributed by atoms with van der Waals surface area (Å²) in [5.74, 6) is 0.111. The molecule has 0 saturated carbocycles. The lowest BCUT2D eigenvalue weighted by molar-refractivity contribution is 0.472. The summed E-state index contributed by atoms with van der Waals surface area (Å²) < 4.78 is 3.24. The maximum absolute atomic E-state index is 10.8. The zero-order valence-corrected chi connectivity index (χ0v) is 21.7. The smallest absolute Gasteiger partial charge is 0.174 e. The number of halogens is 2. The molecular weight excluding hydrogens is 532 g/mol. The van der Waals surface area contributed by atoms with E-state index in [-0.39, 0.29) is 17.8 Å². The van der Waals surface area contributed by atoms with Gasteiger partial charge in [-0.05, 0) is 96.1 Å². The van der Waals surface area contributed by atoms with Crippen molar-refractivity contribution in [3.05, 3.63) is 105 Å². The Hall–Kier alpha value is -2.87. The van der Waals surface area contributed by atoms with Crippen LogP contribution in [0, 0.1) is 13.8 Å². The van der Waals surface area contributed by atoms with Gasteiger partial charge in [0.05, 0.1) is 29.2 Å². The van der Waals surface area contributed by atoms with Gasteiger partial charge in [-0.1, -0.05) is 29.8 Å². The number of hydrogen-bond donors (Lipinski definition) is 2. The van der Waals surface area contributed by atoms with Crippen LogP contribution in [0.1, 0.15) is 34.7 Å². The van der Waals surface area contributed by atoms with E-state index in [4.69, 9.17) is 23.8 Å². The van der Waals surface area contributed by atoms with Crippen LogP contribution in [-0.2, 0) is 0 Å². The van der Waals surface area contributed by atoms with Gasteiger partial charge >= 0.3 is 0 Å². The van der Waals surface area contributed by atoms with E-state index in [0.717, 1.165) is 32.8 Å². The molecule has 0 unspecified atom stereocenters. The first-order chi connectivity index (χ1) is 16.4. The van der Waals surface area contributed by atoms with Gasteiger partial charge in [0.25, 0.3) is 0 Å². The lowest BCUT2D eigenvalue weighted by atomic mass is 9.96. The van der Waals surface area contributed by atoms with Crippen molar-refractivity contribution in [1.29, 1.82) is 0 Å². The first-order valence-corrected chi connectivity index (χ1v) is 12.4. The zero-order chi connectivity index (χ0) is 24.0. The number of phenolic OH excluding ortho intramolecular Hbond substituents is 1. The van der Waals surface area contributed by atoms with Gasteiger partial charge in [-0.25, -0.2) is 0 Å². The Morgan fingerprint density at radius 2 is 1.79 bits per heavy atom. The van der Waals surface area contributed by atoms with Crippen molar-refractivity contribution < 1.29 is 5.11 Å². The third-order valence-corrected chi connectivity index (χ3v) is 7.40. The lowest BCUT2D eigenvalue weighted by Crippen LogP contribution is -2.29. The summed E-state index contributed by atoms with van der Waals surface area (Å²) in [7, 11) is 0. The number of rotatable bonds is 4. The Morgan fingerprint density at radius 1 is 1.03 bits per heavy atom. The van der Waals surface area contributed by atoms with Gasteiger partial charge in [0, 0.05) is 27.1 Å². The van der Waals surface area contributed by atoms with Gasteiger partial charge in [-0.15, -0.1) is 0 Å². The molecule has 8 heteroatoms. The monoisotopic (exact) mass is 552 g/mol. The van der Waals surface area contributed by atoms with E-state index >= 15 is 0 Å². The van der Waals surface area contributed by atoms with Crippen LogP contribution in [-0.4, -0.2) is 19.8 Å². The number of pyridine rings is 1. The molecule has 0 radical (unpaired) electrons. The van der Waals surface area contributed by atoms with Crippen molar-refractivity contribution in [2.24, 2.45) is 0 Å². The number of nitrogens with one attached hydrogen (secondary N) is 1. The number of aryl methyl sites for hydroxylation is 1. The van der Waals surface area contributed by atoms with Crippen LogP contribution in [0.25, 0.3) is 5.69 Å². The van der Waals surface area contributed by atoms with Crippen LogP contribution >= 0.6 is 39.7 Å².